The van der Waals surface area contributed by atoms with E-state index < -0.39 is 5.60 Å². The number of carbonyl (C=O) groups excluding carboxylic acids is 1. The van der Waals surface area contributed by atoms with Crippen molar-refractivity contribution >= 4 is 17.1 Å². The van der Waals surface area contributed by atoms with Crippen molar-refractivity contribution < 1.29 is 13.9 Å². The van der Waals surface area contributed by atoms with Crippen LogP contribution < -0.4 is 0 Å². The highest BCUT2D eigenvalue weighted by atomic mass is 19.1. The number of nitrogens with zero attached hydrogens (tertiary/aromatic N) is 3. The molecular weight excluding hydrogens is 395 g/mol. The SMILES string of the molecule is O=C1OC2(CCC(c3nc4ncc(-c5ccccc5F)cc4[nH]3)CC2)c2cnccc21. The predicted molar refractivity (Wildman–Crippen MR) is 112 cm³/mol. The minimum absolute atomic E-state index is 0.219. The normalized spacial score (nSPS) is 22.6. The third-order valence-electron chi connectivity index (χ3n) is 6.54. The van der Waals surface area contributed by atoms with E-state index in [1.165, 1.54) is 6.07 Å². The average molecular weight is 414 g/mol. The van der Waals surface area contributed by atoms with Gasteiger partial charge >= 0.3 is 5.97 Å². The van der Waals surface area contributed by atoms with Crippen molar-refractivity contribution in [1.29, 1.82) is 0 Å². The molecule has 1 aromatic carbocycles. The topological polar surface area (TPSA) is 80.8 Å². The average Bonchev–Trinajstić information content (AvgIpc) is 3.34. The molecule has 0 radical (unpaired) electrons. The molecule has 31 heavy (non-hydrogen) atoms. The molecule has 1 aliphatic carbocycles. The number of H-pyrrole nitrogens is 1. The largest absolute Gasteiger partial charge is 0.450 e. The number of aromatic nitrogens is 4. The molecule has 1 N–H and O–H groups in total. The van der Waals surface area contributed by atoms with Crippen molar-refractivity contribution in [2.24, 2.45) is 0 Å². The number of ether oxygens (including phenoxy) is 1. The molecule has 4 heterocycles. The molecule has 6 rings (SSSR count). The van der Waals surface area contributed by atoms with E-state index >= 15 is 0 Å². The molecule has 0 atom stereocenters. The molecule has 0 saturated heterocycles. The van der Waals surface area contributed by atoms with Crippen LogP contribution in [0.25, 0.3) is 22.3 Å². The molecule has 7 heteroatoms. The first kappa shape index (κ1) is 18.2. The predicted octanol–water partition coefficient (Wildman–Crippen LogP) is 4.88. The van der Waals surface area contributed by atoms with Crippen LogP contribution in [-0.2, 0) is 10.3 Å². The summed E-state index contributed by atoms with van der Waals surface area (Å²) in [6.07, 6.45) is 8.17. The lowest BCUT2D eigenvalue weighted by atomic mass is 9.75. The van der Waals surface area contributed by atoms with Gasteiger partial charge in [-0.15, -0.1) is 0 Å². The first-order chi connectivity index (χ1) is 15.1. The molecule has 0 bridgehead atoms. The minimum Gasteiger partial charge on any atom is -0.450 e. The molecule has 1 saturated carbocycles. The van der Waals surface area contributed by atoms with E-state index in [1.54, 1.807) is 36.8 Å². The Morgan fingerprint density at radius 2 is 1.94 bits per heavy atom. The van der Waals surface area contributed by atoms with Gasteiger partial charge in [0, 0.05) is 41.2 Å². The Bertz CT molecular complexity index is 1320. The second kappa shape index (κ2) is 6.70. The fourth-order valence-corrected chi connectivity index (χ4v) is 4.91. The number of nitrogens with one attached hydrogen (secondary N) is 1. The van der Waals surface area contributed by atoms with Gasteiger partial charge in [-0.25, -0.2) is 19.2 Å². The monoisotopic (exact) mass is 414 g/mol. The van der Waals surface area contributed by atoms with Gasteiger partial charge in [0.05, 0.1) is 11.1 Å². The molecule has 2 aliphatic rings. The Morgan fingerprint density at radius 3 is 2.77 bits per heavy atom. The van der Waals surface area contributed by atoms with Gasteiger partial charge in [-0.1, -0.05) is 18.2 Å². The highest BCUT2D eigenvalue weighted by molar-refractivity contribution is 5.94. The van der Waals surface area contributed by atoms with E-state index in [1.807, 2.05) is 12.1 Å². The lowest BCUT2D eigenvalue weighted by Crippen LogP contribution is -2.31. The Morgan fingerprint density at radius 1 is 1.10 bits per heavy atom. The second-order valence-electron chi connectivity index (χ2n) is 8.28. The van der Waals surface area contributed by atoms with Crippen LogP contribution in [0.15, 0.2) is 55.0 Å². The summed E-state index contributed by atoms with van der Waals surface area (Å²) in [5.41, 5.74) is 3.60. The zero-order valence-corrected chi connectivity index (χ0v) is 16.6. The highest BCUT2D eigenvalue weighted by Gasteiger charge is 2.48. The molecule has 154 valence electrons. The summed E-state index contributed by atoms with van der Waals surface area (Å²) in [5, 5.41) is 0. The van der Waals surface area contributed by atoms with Crippen LogP contribution in [0.4, 0.5) is 4.39 Å². The van der Waals surface area contributed by atoms with Crippen LogP contribution >= 0.6 is 0 Å². The van der Waals surface area contributed by atoms with Gasteiger partial charge < -0.3 is 9.72 Å². The summed E-state index contributed by atoms with van der Waals surface area (Å²) >= 11 is 0. The van der Waals surface area contributed by atoms with Gasteiger partial charge in [0.15, 0.2) is 5.65 Å². The fourth-order valence-electron chi connectivity index (χ4n) is 4.91. The molecule has 1 aliphatic heterocycles. The van der Waals surface area contributed by atoms with E-state index in [2.05, 4.69) is 19.9 Å². The summed E-state index contributed by atoms with van der Waals surface area (Å²) in [6.45, 7) is 0. The smallest absolute Gasteiger partial charge is 0.339 e. The number of hydrogen-bond acceptors (Lipinski definition) is 5. The molecule has 4 aromatic rings. The summed E-state index contributed by atoms with van der Waals surface area (Å²) in [4.78, 5) is 29.0. The molecule has 3 aromatic heterocycles. The van der Waals surface area contributed by atoms with Crippen LogP contribution in [0.3, 0.4) is 0 Å². The molecule has 0 amide bonds. The van der Waals surface area contributed by atoms with E-state index in [4.69, 9.17) is 4.74 Å². The van der Waals surface area contributed by atoms with E-state index in [-0.39, 0.29) is 17.7 Å². The molecule has 1 fully saturated rings. The van der Waals surface area contributed by atoms with Gasteiger partial charge in [0.25, 0.3) is 0 Å². The summed E-state index contributed by atoms with van der Waals surface area (Å²) in [5.74, 6) is 0.557. The van der Waals surface area contributed by atoms with E-state index in [9.17, 15) is 9.18 Å². The number of rotatable bonds is 2. The number of benzene rings is 1. The number of halogens is 1. The maximum absolute atomic E-state index is 14.2. The van der Waals surface area contributed by atoms with Gasteiger partial charge in [-0.2, -0.15) is 0 Å². The first-order valence-corrected chi connectivity index (χ1v) is 10.4. The van der Waals surface area contributed by atoms with Crippen LogP contribution in [0.1, 0.15) is 53.3 Å². The number of fused-ring (bicyclic) bond motifs is 3. The molecule has 0 unspecified atom stereocenters. The van der Waals surface area contributed by atoms with Crippen molar-refractivity contribution in [3.8, 4) is 11.1 Å². The summed E-state index contributed by atoms with van der Waals surface area (Å²) in [6, 6.07) is 10.3. The van der Waals surface area contributed by atoms with Gasteiger partial charge in [-0.3, -0.25) is 4.98 Å². The second-order valence-corrected chi connectivity index (χ2v) is 8.28. The Kier molecular flexibility index (Phi) is 3.93. The number of pyridine rings is 2. The van der Waals surface area contributed by atoms with Crippen molar-refractivity contribution in [1.82, 2.24) is 19.9 Å². The fraction of sp³-hybridized carbons (Fsp3) is 0.250. The van der Waals surface area contributed by atoms with Crippen LogP contribution in [0.5, 0.6) is 0 Å². The Balaban J connectivity index is 1.27. The lowest BCUT2D eigenvalue weighted by molar-refractivity contribution is -0.0313. The van der Waals surface area contributed by atoms with Gasteiger partial charge in [-0.05, 0) is 43.9 Å². The maximum Gasteiger partial charge on any atom is 0.339 e. The quantitative estimate of drug-likeness (QED) is 0.473. The third-order valence-corrected chi connectivity index (χ3v) is 6.54. The van der Waals surface area contributed by atoms with E-state index in [0.717, 1.165) is 42.6 Å². The van der Waals surface area contributed by atoms with Crippen molar-refractivity contribution in [3.63, 3.8) is 0 Å². The van der Waals surface area contributed by atoms with E-state index in [0.29, 0.717) is 22.3 Å². The zero-order chi connectivity index (χ0) is 21.0. The Labute approximate surface area is 177 Å². The Hall–Kier alpha value is -3.61. The highest BCUT2D eigenvalue weighted by Crippen LogP contribution is 2.49. The number of carbonyl (C=O) groups is 1. The van der Waals surface area contributed by atoms with Crippen LogP contribution in [-0.4, -0.2) is 25.9 Å². The van der Waals surface area contributed by atoms with Crippen molar-refractivity contribution in [2.75, 3.05) is 0 Å². The summed E-state index contributed by atoms with van der Waals surface area (Å²) < 4.78 is 20.0. The number of aromatic amines is 1. The number of hydrogen-bond donors (Lipinski definition) is 1. The first-order valence-electron chi connectivity index (χ1n) is 10.4. The van der Waals surface area contributed by atoms with Gasteiger partial charge in [0.2, 0.25) is 0 Å². The molecule has 1 spiro atoms. The van der Waals surface area contributed by atoms with Gasteiger partial charge in [0.1, 0.15) is 17.2 Å². The number of esters is 1. The van der Waals surface area contributed by atoms with Crippen LogP contribution in [0, 0.1) is 5.82 Å². The zero-order valence-electron chi connectivity index (χ0n) is 16.6. The summed E-state index contributed by atoms with van der Waals surface area (Å²) in [7, 11) is 0. The van der Waals surface area contributed by atoms with Crippen LogP contribution in [0.2, 0.25) is 0 Å². The van der Waals surface area contributed by atoms with Crippen molar-refractivity contribution in [3.05, 3.63) is 77.8 Å². The number of imidazole rings is 1. The lowest BCUT2D eigenvalue weighted by Gasteiger charge is -2.35. The molecule has 6 nitrogen and oxygen atoms in total. The van der Waals surface area contributed by atoms with Crippen molar-refractivity contribution in [2.45, 2.75) is 37.2 Å². The minimum atomic E-state index is -0.570. The molecular formula is C24H19FN4O2. The maximum atomic E-state index is 14.2. The third kappa shape index (κ3) is 2.84. The standard InChI is InChI=1S/C24H19FN4O2/c25-19-4-2-1-3-16(19)15-11-20-22(27-12-15)29-21(28-20)14-5-8-24(9-6-14)18-13-26-10-7-17(18)23(30)31-24/h1-4,7,10-14H,5-6,8-9H2,(H,27,28,29).